The first-order valence-electron chi connectivity index (χ1n) is 8.22. The van der Waals surface area contributed by atoms with E-state index in [4.69, 9.17) is 16.0 Å². The minimum atomic E-state index is -1.91. The van der Waals surface area contributed by atoms with E-state index < -0.39 is 11.5 Å². The van der Waals surface area contributed by atoms with E-state index in [2.05, 4.69) is 0 Å². The molecule has 1 aromatic heterocycles. The molecule has 0 aliphatic carbocycles. The summed E-state index contributed by atoms with van der Waals surface area (Å²) in [6, 6.07) is 4.95. The predicted octanol–water partition coefficient (Wildman–Crippen LogP) is 3.77. The minimum absolute atomic E-state index is 0.330. The molecule has 1 atom stereocenters. The molecular weight excluding hydrogens is 342 g/mol. The molecule has 25 heavy (non-hydrogen) atoms. The number of carbonyl (C=O) groups is 2. The Kier molecular flexibility index (Phi) is 4.47. The van der Waals surface area contributed by atoms with Crippen molar-refractivity contribution in [1.82, 2.24) is 0 Å². The van der Waals surface area contributed by atoms with Crippen LogP contribution in [0.25, 0.3) is 0 Å². The van der Waals surface area contributed by atoms with E-state index in [1.165, 1.54) is 11.2 Å². The molecule has 2 heterocycles. The molecule has 3 rings (SSSR count). The van der Waals surface area contributed by atoms with Crippen molar-refractivity contribution in [2.45, 2.75) is 39.2 Å². The van der Waals surface area contributed by atoms with E-state index in [1.807, 2.05) is 6.92 Å². The number of carbonyl (C=O) groups excluding carboxylic acids is 2. The first-order valence-corrected chi connectivity index (χ1v) is 8.59. The van der Waals surface area contributed by atoms with Crippen LogP contribution >= 0.6 is 11.6 Å². The van der Waals surface area contributed by atoms with Crippen LogP contribution < -0.4 is 4.90 Å². The van der Waals surface area contributed by atoms with Gasteiger partial charge in [-0.05, 0) is 44.0 Å². The van der Waals surface area contributed by atoms with E-state index in [9.17, 15) is 14.7 Å². The number of amides is 1. The highest BCUT2D eigenvalue weighted by Gasteiger charge is 2.51. The standard InChI is InChI=1S/C19H20ClNO4/c1-4-7-21-15-6-5-13(20)8-14(15)19(24,18(21)23)9-16(22)17-11(2)10-25-12(17)3/h5-6,8,10,24H,4,7,9H2,1-3H3/t19-/m0/s1. The fraction of sp³-hybridized carbons (Fsp3) is 0.368. The van der Waals surface area contributed by atoms with Gasteiger partial charge >= 0.3 is 0 Å². The molecule has 132 valence electrons. The van der Waals surface area contributed by atoms with Gasteiger partial charge in [-0.3, -0.25) is 9.59 Å². The molecule has 5 nitrogen and oxygen atoms in total. The summed E-state index contributed by atoms with van der Waals surface area (Å²) in [4.78, 5) is 27.2. The third-order valence-electron chi connectivity index (χ3n) is 4.60. The summed E-state index contributed by atoms with van der Waals surface area (Å²) in [5, 5.41) is 11.6. The Morgan fingerprint density at radius 2 is 2.08 bits per heavy atom. The van der Waals surface area contributed by atoms with Crippen molar-refractivity contribution in [3.63, 3.8) is 0 Å². The van der Waals surface area contributed by atoms with Crippen LogP contribution in [-0.2, 0) is 10.4 Å². The molecule has 0 saturated heterocycles. The molecule has 0 unspecified atom stereocenters. The summed E-state index contributed by atoms with van der Waals surface area (Å²) < 4.78 is 5.27. The first kappa shape index (κ1) is 17.7. The lowest BCUT2D eigenvalue weighted by Gasteiger charge is -2.22. The van der Waals surface area contributed by atoms with E-state index in [0.717, 1.165) is 6.42 Å². The van der Waals surface area contributed by atoms with Gasteiger partial charge in [-0.25, -0.2) is 0 Å². The van der Waals surface area contributed by atoms with Crippen LogP contribution in [0.3, 0.4) is 0 Å². The normalized spacial score (nSPS) is 19.4. The van der Waals surface area contributed by atoms with Crippen LogP contribution in [0, 0.1) is 13.8 Å². The Bertz CT molecular complexity index is 838. The number of Topliss-reactive ketones (excluding diaryl/α,β-unsaturated/α-hetero) is 1. The Morgan fingerprint density at radius 3 is 2.68 bits per heavy atom. The lowest BCUT2D eigenvalue weighted by molar-refractivity contribution is -0.135. The number of hydrogen-bond acceptors (Lipinski definition) is 4. The molecule has 0 radical (unpaired) electrons. The Balaban J connectivity index is 2.04. The fourth-order valence-corrected chi connectivity index (χ4v) is 3.62. The van der Waals surface area contributed by atoms with Gasteiger partial charge in [-0.2, -0.15) is 0 Å². The van der Waals surface area contributed by atoms with Crippen molar-refractivity contribution < 1.29 is 19.1 Å². The number of nitrogens with zero attached hydrogens (tertiary/aromatic N) is 1. The van der Waals surface area contributed by atoms with Gasteiger partial charge in [0.25, 0.3) is 5.91 Å². The Morgan fingerprint density at radius 1 is 1.36 bits per heavy atom. The van der Waals surface area contributed by atoms with Gasteiger partial charge in [-0.1, -0.05) is 18.5 Å². The van der Waals surface area contributed by atoms with Crippen molar-refractivity contribution in [2.24, 2.45) is 0 Å². The second-order valence-electron chi connectivity index (χ2n) is 6.43. The topological polar surface area (TPSA) is 70.8 Å². The third kappa shape index (κ3) is 2.77. The molecule has 6 heteroatoms. The molecule has 1 amide bonds. The number of aliphatic hydroxyl groups is 1. The van der Waals surface area contributed by atoms with E-state index in [1.54, 1.807) is 32.0 Å². The van der Waals surface area contributed by atoms with Crippen LogP contribution in [-0.4, -0.2) is 23.3 Å². The highest BCUT2D eigenvalue weighted by molar-refractivity contribution is 6.31. The van der Waals surface area contributed by atoms with Crippen LogP contribution in [0.1, 0.15) is 47.0 Å². The maximum atomic E-state index is 12.9. The Hall–Kier alpha value is -2.11. The number of rotatable bonds is 5. The molecule has 0 bridgehead atoms. The molecule has 0 spiro atoms. The number of furan rings is 1. The van der Waals surface area contributed by atoms with E-state index >= 15 is 0 Å². The molecule has 1 aliphatic heterocycles. The Labute approximate surface area is 151 Å². The van der Waals surface area contributed by atoms with Crippen molar-refractivity contribution in [3.05, 3.63) is 51.9 Å². The molecule has 1 N–H and O–H groups in total. The highest BCUT2D eigenvalue weighted by Crippen LogP contribution is 2.44. The van der Waals surface area contributed by atoms with Gasteiger partial charge in [0, 0.05) is 17.1 Å². The largest absolute Gasteiger partial charge is 0.469 e. The fourth-order valence-electron chi connectivity index (χ4n) is 3.45. The molecule has 0 fully saturated rings. The minimum Gasteiger partial charge on any atom is -0.469 e. The highest BCUT2D eigenvalue weighted by atomic mass is 35.5. The van der Waals surface area contributed by atoms with Gasteiger partial charge in [-0.15, -0.1) is 0 Å². The van der Waals surface area contributed by atoms with Crippen LogP contribution in [0.5, 0.6) is 0 Å². The van der Waals surface area contributed by atoms with Gasteiger partial charge < -0.3 is 14.4 Å². The number of ketones is 1. The lowest BCUT2D eigenvalue weighted by atomic mass is 9.87. The zero-order valence-electron chi connectivity index (χ0n) is 14.4. The number of anilines is 1. The zero-order chi connectivity index (χ0) is 18.4. The van der Waals surface area contributed by atoms with Crippen LogP contribution in [0.15, 0.2) is 28.9 Å². The van der Waals surface area contributed by atoms with Crippen molar-refractivity contribution in [1.29, 1.82) is 0 Å². The van der Waals surface area contributed by atoms with Gasteiger partial charge in [0.15, 0.2) is 11.4 Å². The average Bonchev–Trinajstić information content (AvgIpc) is 2.99. The van der Waals surface area contributed by atoms with Gasteiger partial charge in [0.1, 0.15) is 5.76 Å². The number of benzene rings is 1. The van der Waals surface area contributed by atoms with Gasteiger partial charge in [0.2, 0.25) is 0 Å². The molecule has 1 aromatic carbocycles. The monoisotopic (exact) mass is 361 g/mol. The zero-order valence-corrected chi connectivity index (χ0v) is 15.2. The maximum absolute atomic E-state index is 12.9. The predicted molar refractivity (Wildman–Crippen MR) is 95.1 cm³/mol. The quantitative estimate of drug-likeness (QED) is 0.823. The summed E-state index contributed by atoms with van der Waals surface area (Å²) in [6.45, 7) is 5.87. The summed E-state index contributed by atoms with van der Waals surface area (Å²) in [5.74, 6) is -0.337. The molecule has 0 saturated carbocycles. The molecule has 1 aliphatic rings. The smallest absolute Gasteiger partial charge is 0.264 e. The van der Waals surface area contributed by atoms with Crippen molar-refractivity contribution >= 4 is 29.0 Å². The maximum Gasteiger partial charge on any atom is 0.264 e. The number of halogens is 1. The van der Waals surface area contributed by atoms with E-state index in [0.29, 0.717) is 39.7 Å². The summed E-state index contributed by atoms with van der Waals surface area (Å²) in [5.41, 5.74) is 0.174. The SMILES string of the molecule is CCCN1C(=O)[C@](O)(CC(=O)c2c(C)coc2C)c2cc(Cl)ccc21. The summed E-state index contributed by atoms with van der Waals surface area (Å²) in [7, 11) is 0. The first-order chi connectivity index (χ1) is 11.8. The summed E-state index contributed by atoms with van der Waals surface area (Å²) in [6.07, 6.45) is 1.88. The number of aryl methyl sites for hydroxylation is 2. The molecule has 2 aromatic rings. The van der Waals surface area contributed by atoms with Crippen molar-refractivity contribution in [3.8, 4) is 0 Å². The number of hydrogen-bond donors (Lipinski definition) is 1. The van der Waals surface area contributed by atoms with E-state index in [-0.39, 0.29) is 12.2 Å². The van der Waals surface area contributed by atoms with Crippen molar-refractivity contribution in [2.75, 3.05) is 11.4 Å². The van der Waals surface area contributed by atoms with Crippen LogP contribution in [0.2, 0.25) is 5.02 Å². The van der Waals surface area contributed by atoms with Crippen LogP contribution in [0.4, 0.5) is 5.69 Å². The second-order valence-corrected chi connectivity index (χ2v) is 6.86. The lowest BCUT2D eigenvalue weighted by Crippen LogP contribution is -2.42. The second kappa shape index (κ2) is 6.32. The average molecular weight is 362 g/mol. The third-order valence-corrected chi connectivity index (χ3v) is 4.83. The molecular formula is C19H20ClNO4. The van der Waals surface area contributed by atoms with Gasteiger partial charge in [0.05, 0.1) is 23.9 Å². The summed E-state index contributed by atoms with van der Waals surface area (Å²) >= 11 is 6.07. The number of fused-ring (bicyclic) bond motifs is 1.